The molecule has 100 valence electrons. The van der Waals surface area contributed by atoms with Crippen LogP contribution in [0.4, 0.5) is 10.1 Å². The second-order valence-corrected chi connectivity index (χ2v) is 5.26. The summed E-state index contributed by atoms with van der Waals surface area (Å²) in [5.41, 5.74) is -0.540. The zero-order valence-electron chi connectivity index (χ0n) is 9.33. The van der Waals surface area contributed by atoms with Crippen molar-refractivity contribution in [1.82, 2.24) is 4.72 Å². The van der Waals surface area contributed by atoms with Gasteiger partial charge in [-0.05, 0) is 13.0 Å². The van der Waals surface area contributed by atoms with Crippen LogP contribution in [-0.4, -0.2) is 31.1 Å². The highest BCUT2D eigenvalue weighted by Crippen LogP contribution is 2.20. The molecule has 0 aliphatic rings. The molecule has 1 rings (SSSR count). The van der Waals surface area contributed by atoms with E-state index < -0.39 is 44.0 Å². The molecule has 0 unspecified atom stereocenters. The third-order valence-corrected chi connectivity index (χ3v) is 3.67. The summed E-state index contributed by atoms with van der Waals surface area (Å²) >= 11 is 0. The maximum Gasteiger partial charge on any atom is 0.272 e. The Morgan fingerprint density at radius 3 is 2.61 bits per heavy atom. The molecule has 9 heteroatoms. The number of hydrogen-bond acceptors (Lipinski definition) is 5. The van der Waals surface area contributed by atoms with Crippen molar-refractivity contribution in [3.63, 3.8) is 0 Å². The lowest BCUT2D eigenvalue weighted by atomic mass is 10.3. The van der Waals surface area contributed by atoms with Gasteiger partial charge in [-0.1, -0.05) is 0 Å². The minimum absolute atomic E-state index is 0.451. The monoisotopic (exact) mass is 278 g/mol. The van der Waals surface area contributed by atoms with E-state index in [2.05, 4.69) is 0 Å². The van der Waals surface area contributed by atoms with E-state index in [0.717, 1.165) is 12.1 Å². The second kappa shape index (κ2) is 5.38. The predicted octanol–water partition coefficient (Wildman–Crippen LogP) is 0.393. The molecule has 7 nitrogen and oxygen atoms in total. The van der Waals surface area contributed by atoms with Crippen molar-refractivity contribution in [2.24, 2.45) is 0 Å². The fourth-order valence-corrected chi connectivity index (χ4v) is 2.48. The number of nitro benzene ring substituents is 1. The summed E-state index contributed by atoms with van der Waals surface area (Å²) in [6.45, 7) is 0.939. The smallest absolute Gasteiger partial charge is 0.272 e. The molecule has 0 radical (unpaired) electrons. The minimum Gasteiger partial charge on any atom is -0.395 e. The zero-order valence-corrected chi connectivity index (χ0v) is 10.1. The molecule has 0 saturated heterocycles. The van der Waals surface area contributed by atoms with E-state index in [1.807, 2.05) is 4.72 Å². The normalized spacial score (nSPS) is 13.3. The van der Waals surface area contributed by atoms with Crippen LogP contribution in [0.2, 0.25) is 0 Å². The van der Waals surface area contributed by atoms with Crippen LogP contribution < -0.4 is 4.72 Å². The summed E-state index contributed by atoms with van der Waals surface area (Å²) in [7, 11) is -4.15. The van der Waals surface area contributed by atoms with Crippen LogP contribution in [0, 0.1) is 15.9 Å². The van der Waals surface area contributed by atoms with E-state index >= 15 is 0 Å². The quantitative estimate of drug-likeness (QED) is 0.598. The van der Waals surface area contributed by atoms with Crippen LogP contribution in [0.15, 0.2) is 23.1 Å². The topological polar surface area (TPSA) is 110 Å². The van der Waals surface area contributed by atoms with Crippen LogP contribution in [0.25, 0.3) is 0 Å². The van der Waals surface area contributed by atoms with Crippen molar-refractivity contribution in [1.29, 1.82) is 0 Å². The SMILES string of the molecule is C[C@H](CO)NS(=O)(=O)c1ccc([N+](=O)[O-])cc1F. The molecular formula is C9H11FN2O5S. The molecule has 0 aliphatic heterocycles. The van der Waals surface area contributed by atoms with Crippen LogP contribution in [0.3, 0.4) is 0 Å². The van der Waals surface area contributed by atoms with Crippen molar-refractivity contribution < 1.29 is 22.8 Å². The van der Waals surface area contributed by atoms with Gasteiger partial charge in [-0.2, -0.15) is 0 Å². The number of nitrogens with one attached hydrogen (secondary N) is 1. The van der Waals surface area contributed by atoms with Gasteiger partial charge in [0.25, 0.3) is 5.69 Å². The molecule has 0 aromatic heterocycles. The van der Waals surface area contributed by atoms with Crippen molar-refractivity contribution >= 4 is 15.7 Å². The number of benzene rings is 1. The Morgan fingerprint density at radius 2 is 2.17 bits per heavy atom. The lowest BCUT2D eigenvalue weighted by molar-refractivity contribution is -0.385. The average Bonchev–Trinajstić information content (AvgIpc) is 2.27. The Labute approximate surface area is 102 Å². The van der Waals surface area contributed by atoms with Gasteiger partial charge in [0.05, 0.1) is 17.6 Å². The third kappa shape index (κ3) is 3.22. The van der Waals surface area contributed by atoms with E-state index in [1.165, 1.54) is 6.92 Å². The number of non-ortho nitro benzene ring substituents is 1. The van der Waals surface area contributed by atoms with E-state index in [9.17, 15) is 22.9 Å². The summed E-state index contributed by atoms with van der Waals surface area (Å²) in [4.78, 5) is 8.85. The Balaban J connectivity index is 3.14. The van der Waals surface area contributed by atoms with Crippen molar-refractivity contribution in [3.05, 3.63) is 34.1 Å². The second-order valence-electron chi connectivity index (χ2n) is 3.58. The summed E-state index contributed by atoms with van der Waals surface area (Å²) in [5.74, 6) is -1.22. The van der Waals surface area contributed by atoms with Gasteiger partial charge in [0.1, 0.15) is 10.7 Å². The number of nitro groups is 1. The summed E-state index contributed by atoms with van der Waals surface area (Å²) in [6.07, 6.45) is 0. The highest BCUT2D eigenvalue weighted by atomic mass is 32.2. The van der Waals surface area contributed by atoms with Crippen molar-refractivity contribution in [3.8, 4) is 0 Å². The number of sulfonamides is 1. The third-order valence-electron chi connectivity index (χ3n) is 2.05. The molecule has 0 fully saturated rings. The molecular weight excluding hydrogens is 267 g/mol. The molecule has 0 bridgehead atoms. The molecule has 0 spiro atoms. The predicted molar refractivity (Wildman–Crippen MR) is 59.9 cm³/mol. The first kappa shape index (κ1) is 14.5. The lowest BCUT2D eigenvalue weighted by Crippen LogP contribution is -2.35. The van der Waals surface area contributed by atoms with Crippen LogP contribution in [0.5, 0.6) is 0 Å². The Morgan fingerprint density at radius 1 is 1.56 bits per heavy atom. The number of halogens is 1. The fourth-order valence-electron chi connectivity index (χ4n) is 1.19. The molecule has 1 atom stereocenters. The number of nitrogens with zero attached hydrogens (tertiary/aromatic N) is 1. The highest BCUT2D eigenvalue weighted by Gasteiger charge is 2.23. The number of hydrogen-bond donors (Lipinski definition) is 2. The van der Waals surface area contributed by atoms with E-state index in [0.29, 0.717) is 6.07 Å². The Bertz CT molecular complexity index is 560. The molecule has 2 N–H and O–H groups in total. The zero-order chi connectivity index (χ0) is 13.9. The van der Waals surface area contributed by atoms with Crippen molar-refractivity contribution in [2.75, 3.05) is 6.61 Å². The van der Waals surface area contributed by atoms with Gasteiger partial charge < -0.3 is 5.11 Å². The summed E-state index contributed by atoms with van der Waals surface area (Å²) in [5, 5.41) is 19.1. The van der Waals surface area contributed by atoms with Gasteiger partial charge in [0.15, 0.2) is 0 Å². The maximum atomic E-state index is 13.5. The van der Waals surface area contributed by atoms with Crippen molar-refractivity contribution in [2.45, 2.75) is 17.9 Å². The van der Waals surface area contributed by atoms with Gasteiger partial charge in [-0.3, -0.25) is 10.1 Å². The first-order valence-electron chi connectivity index (χ1n) is 4.85. The highest BCUT2D eigenvalue weighted by molar-refractivity contribution is 7.89. The van der Waals surface area contributed by atoms with E-state index in [-0.39, 0.29) is 0 Å². The molecule has 1 aromatic carbocycles. The Kier molecular flexibility index (Phi) is 4.33. The largest absolute Gasteiger partial charge is 0.395 e. The molecule has 0 saturated carbocycles. The van der Waals surface area contributed by atoms with Gasteiger partial charge in [-0.25, -0.2) is 17.5 Å². The van der Waals surface area contributed by atoms with Crippen LogP contribution in [0.1, 0.15) is 6.92 Å². The molecule has 1 aromatic rings. The molecule has 0 heterocycles. The molecule has 0 amide bonds. The van der Waals surface area contributed by atoms with Gasteiger partial charge in [-0.15, -0.1) is 0 Å². The molecule has 18 heavy (non-hydrogen) atoms. The summed E-state index contributed by atoms with van der Waals surface area (Å²) < 4.78 is 38.8. The first-order valence-corrected chi connectivity index (χ1v) is 6.33. The lowest BCUT2D eigenvalue weighted by Gasteiger charge is -2.11. The van der Waals surface area contributed by atoms with Gasteiger partial charge >= 0.3 is 0 Å². The minimum atomic E-state index is -4.15. The first-order chi connectivity index (χ1) is 8.27. The van der Waals surface area contributed by atoms with Gasteiger partial charge in [0.2, 0.25) is 10.0 Å². The number of aliphatic hydroxyl groups is 1. The van der Waals surface area contributed by atoms with Gasteiger partial charge in [0, 0.05) is 12.1 Å². The van der Waals surface area contributed by atoms with E-state index in [1.54, 1.807) is 0 Å². The molecule has 0 aliphatic carbocycles. The maximum absolute atomic E-state index is 13.5. The number of aliphatic hydroxyl groups excluding tert-OH is 1. The Hall–Kier alpha value is -1.58. The standard InChI is InChI=1S/C9H11FN2O5S/c1-6(5-13)11-18(16,17)9-3-2-7(12(14)15)4-8(9)10/h2-4,6,11,13H,5H2,1H3/t6-/m1/s1. The fraction of sp³-hybridized carbons (Fsp3) is 0.333. The van der Waals surface area contributed by atoms with Crippen LogP contribution >= 0.6 is 0 Å². The average molecular weight is 278 g/mol. The van der Waals surface area contributed by atoms with E-state index in [4.69, 9.17) is 5.11 Å². The number of rotatable bonds is 5. The van der Waals surface area contributed by atoms with Crippen LogP contribution in [-0.2, 0) is 10.0 Å². The summed E-state index contributed by atoms with van der Waals surface area (Å²) in [6, 6.07) is 1.43.